The fraction of sp³-hybridized carbons (Fsp3) is 0.345. The van der Waals surface area contributed by atoms with Crippen molar-refractivity contribution in [2.45, 2.75) is 41.5 Å². The monoisotopic (exact) mass is 545 g/mol. The molecule has 10 heteroatoms. The third kappa shape index (κ3) is 3.72. The van der Waals surface area contributed by atoms with Gasteiger partial charge in [0, 0.05) is 28.5 Å². The summed E-state index contributed by atoms with van der Waals surface area (Å²) in [5.41, 5.74) is 3.00. The summed E-state index contributed by atoms with van der Waals surface area (Å²) < 4.78 is 16.8. The lowest BCUT2D eigenvalue weighted by atomic mass is 9.49. The molecule has 0 N–H and O–H groups in total. The first-order chi connectivity index (χ1) is 19.0. The van der Waals surface area contributed by atoms with Crippen LogP contribution in [0.5, 0.6) is 5.75 Å². The van der Waals surface area contributed by atoms with Crippen LogP contribution in [0.25, 0.3) is 0 Å². The third-order valence-electron chi connectivity index (χ3n) is 8.42. The highest BCUT2D eigenvalue weighted by Crippen LogP contribution is 2.61. The van der Waals surface area contributed by atoms with Gasteiger partial charge in [0.15, 0.2) is 5.69 Å². The van der Waals surface area contributed by atoms with E-state index >= 15 is 0 Å². The number of aromatic nitrogens is 1. The van der Waals surface area contributed by atoms with Crippen LogP contribution in [0.2, 0.25) is 0 Å². The van der Waals surface area contributed by atoms with Crippen molar-refractivity contribution < 1.29 is 23.8 Å². The molecule has 9 nitrogen and oxygen atoms in total. The highest BCUT2D eigenvalue weighted by molar-refractivity contribution is 7.98. The van der Waals surface area contributed by atoms with E-state index < -0.39 is 18.4 Å². The smallest absolute Gasteiger partial charge is 0.451 e. The maximum atomic E-state index is 14.1. The highest BCUT2D eigenvalue weighted by Gasteiger charge is 2.63. The Morgan fingerprint density at radius 3 is 2.51 bits per heavy atom. The molecule has 3 heterocycles. The molecule has 0 saturated heterocycles. The van der Waals surface area contributed by atoms with Gasteiger partial charge in [0.2, 0.25) is 18.0 Å². The van der Waals surface area contributed by atoms with E-state index in [1.165, 1.54) is 23.6 Å². The van der Waals surface area contributed by atoms with Crippen LogP contribution >= 0.6 is 11.8 Å². The van der Waals surface area contributed by atoms with Crippen LogP contribution in [0.15, 0.2) is 70.5 Å². The van der Waals surface area contributed by atoms with Gasteiger partial charge in [-0.25, -0.2) is 4.79 Å². The Bertz CT molecular complexity index is 1490. The minimum absolute atomic E-state index is 0.138. The zero-order chi connectivity index (χ0) is 26.7. The van der Waals surface area contributed by atoms with Gasteiger partial charge in [0.05, 0.1) is 13.2 Å². The van der Waals surface area contributed by atoms with Gasteiger partial charge >= 0.3 is 6.16 Å². The highest BCUT2D eigenvalue weighted by atomic mass is 32.2. The number of amides is 1. The van der Waals surface area contributed by atoms with Crippen molar-refractivity contribution in [1.29, 1.82) is 0 Å². The van der Waals surface area contributed by atoms with Gasteiger partial charge in [-0.15, -0.1) is 11.8 Å². The van der Waals surface area contributed by atoms with E-state index in [1.54, 1.807) is 22.6 Å². The summed E-state index contributed by atoms with van der Waals surface area (Å²) in [6.07, 6.45) is 3.62. The Labute approximate surface area is 229 Å². The van der Waals surface area contributed by atoms with Crippen molar-refractivity contribution in [3.8, 4) is 5.75 Å². The van der Waals surface area contributed by atoms with Gasteiger partial charge in [-0.05, 0) is 47.9 Å². The zero-order valence-corrected chi connectivity index (χ0v) is 22.2. The molecule has 39 heavy (non-hydrogen) atoms. The molecule has 0 spiro atoms. The molecule has 1 aromatic heterocycles. The summed E-state index contributed by atoms with van der Waals surface area (Å²) in [5, 5.41) is 2.16. The third-order valence-corrected chi connectivity index (χ3v) is 9.55. The van der Waals surface area contributed by atoms with Crippen LogP contribution in [-0.2, 0) is 15.2 Å². The molecule has 2 bridgehead atoms. The first-order valence-electron chi connectivity index (χ1n) is 13.0. The maximum Gasteiger partial charge on any atom is 0.510 e. The number of rotatable bonds is 5. The molecule has 1 amide bonds. The number of nitrogens with zero attached hydrogens (tertiary/aromatic N) is 3. The minimum atomic E-state index is -0.937. The standard InChI is InChI=1S/C29H27N3O6S/c1-36-28(35)38-17-37-26-22(33)10-11-31-25(26)27(34)30(29-12-18(13-29)14-29)16-32(31)24-20-7-3-2-6-19(20)15-39-23-9-5-4-8-21(23)24/h2-11,18,24H,12-17H2,1H3/t18?,24-,29?/m0/s1. The second-order valence-corrected chi connectivity index (χ2v) is 11.5. The number of hydrogen-bond acceptors (Lipinski definition) is 8. The number of benzene rings is 2. The molecule has 3 aromatic rings. The second-order valence-electron chi connectivity index (χ2n) is 10.5. The summed E-state index contributed by atoms with van der Waals surface area (Å²) in [7, 11) is 1.19. The van der Waals surface area contributed by atoms with Gasteiger partial charge in [-0.2, -0.15) is 0 Å². The average molecular weight is 546 g/mol. The molecule has 3 fully saturated rings. The number of carbonyl (C=O) groups excluding carboxylic acids is 2. The largest absolute Gasteiger partial charge is 0.510 e. The van der Waals surface area contributed by atoms with Crippen molar-refractivity contribution in [2.75, 3.05) is 25.6 Å². The number of methoxy groups -OCH3 is 1. The van der Waals surface area contributed by atoms with Crippen molar-refractivity contribution in [2.24, 2.45) is 5.92 Å². The van der Waals surface area contributed by atoms with E-state index in [-0.39, 0.29) is 28.9 Å². The van der Waals surface area contributed by atoms with Crippen LogP contribution in [0.4, 0.5) is 4.79 Å². The Balaban J connectivity index is 1.40. The molecule has 0 unspecified atom stereocenters. The molecule has 1 atom stereocenters. The molecule has 3 aliphatic carbocycles. The molecule has 2 aromatic carbocycles. The zero-order valence-electron chi connectivity index (χ0n) is 21.4. The topological polar surface area (TPSA) is 90.3 Å². The van der Waals surface area contributed by atoms with Crippen LogP contribution < -0.4 is 15.2 Å². The first kappa shape index (κ1) is 24.1. The molecule has 3 saturated carbocycles. The molecular formula is C29H27N3O6S. The summed E-state index contributed by atoms with van der Waals surface area (Å²) >= 11 is 1.80. The van der Waals surface area contributed by atoms with Crippen LogP contribution in [0.3, 0.4) is 0 Å². The van der Waals surface area contributed by atoms with Crippen molar-refractivity contribution in [3.05, 3.63) is 93.4 Å². The molecule has 2 aliphatic heterocycles. The van der Waals surface area contributed by atoms with E-state index in [2.05, 4.69) is 40.1 Å². The number of carbonyl (C=O) groups is 2. The summed E-state index contributed by atoms with van der Waals surface area (Å²) in [5.74, 6) is 1.10. The summed E-state index contributed by atoms with van der Waals surface area (Å²) in [4.78, 5) is 41.8. The number of fused-ring (bicyclic) bond motifs is 3. The number of thioether (sulfide) groups is 1. The van der Waals surface area contributed by atoms with Gasteiger partial charge in [-0.1, -0.05) is 42.5 Å². The van der Waals surface area contributed by atoms with Crippen molar-refractivity contribution in [3.63, 3.8) is 0 Å². The fourth-order valence-corrected chi connectivity index (χ4v) is 7.50. The number of pyridine rings is 1. The van der Waals surface area contributed by atoms with Crippen molar-refractivity contribution >= 4 is 23.8 Å². The van der Waals surface area contributed by atoms with E-state index in [9.17, 15) is 14.4 Å². The van der Waals surface area contributed by atoms with Crippen LogP contribution in [0.1, 0.15) is 52.5 Å². The lowest BCUT2D eigenvalue weighted by molar-refractivity contribution is -0.128. The quantitative estimate of drug-likeness (QED) is 0.347. The van der Waals surface area contributed by atoms with Crippen LogP contribution in [-0.4, -0.2) is 47.7 Å². The lowest BCUT2D eigenvalue weighted by Gasteiger charge is -2.67. The molecule has 200 valence electrons. The maximum absolute atomic E-state index is 14.1. The molecule has 8 rings (SSSR count). The minimum Gasteiger partial charge on any atom is -0.451 e. The SMILES string of the molecule is COC(=O)OCOc1c2n(ccc1=O)N([C@H]1c3ccccc3CSc3ccccc31)CN(C13CC(C1)C3)C2=O. The lowest BCUT2D eigenvalue weighted by Crippen LogP contribution is -2.73. The molecule has 5 aliphatic rings. The predicted molar refractivity (Wildman–Crippen MR) is 143 cm³/mol. The van der Waals surface area contributed by atoms with Gasteiger partial charge in [0.25, 0.3) is 5.91 Å². The Kier molecular flexibility index (Phi) is 5.62. The fourth-order valence-electron chi connectivity index (χ4n) is 6.41. The Morgan fingerprint density at radius 2 is 1.77 bits per heavy atom. The first-order valence-corrected chi connectivity index (χ1v) is 14.0. The van der Waals surface area contributed by atoms with E-state index in [0.717, 1.165) is 36.1 Å². The van der Waals surface area contributed by atoms with Gasteiger partial charge in [-0.3, -0.25) is 19.3 Å². The average Bonchev–Trinajstić information content (AvgIpc) is 3.06. The van der Waals surface area contributed by atoms with Gasteiger partial charge in [0.1, 0.15) is 6.67 Å². The molecule has 0 radical (unpaired) electrons. The Hall–Kier alpha value is -3.92. The van der Waals surface area contributed by atoms with Crippen LogP contribution in [0, 0.1) is 5.92 Å². The number of ether oxygens (including phenoxy) is 3. The van der Waals surface area contributed by atoms with E-state index in [0.29, 0.717) is 12.6 Å². The summed E-state index contributed by atoms with van der Waals surface area (Å²) in [6.45, 7) is -0.178. The van der Waals surface area contributed by atoms with E-state index in [1.807, 2.05) is 23.1 Å². The van der Waals surface area contributed by atoms with Crippen molar-refractivity contribution in [1.82, 2.24) is 9.58 Å². The normalized spacial score (nSPS) is 24.3. The second kappa shape index (κ2) is 9.08. The van der Waals surface area contributed by atoms with E-state index in [4.69, 9.17) is 9.47 Å². The Morgan fingerprint density at radius 1 is 1.03 bits per heavy atom. The predicted octanol–water partition coefficient (Wildman–Crippen LogP) is 4.27. The molecular weight excluding hydrogens is 518 g/mol. The number of hydrogen-bond donors (Lipinski definition) is 0. The summed E-state index contributed by atoms with van der Waals surface area (Å²) in [6, 6.07) is 17.9. The van der Waals surface area contributed by atoms with Gasteiger partial charge < -0.3 is 19.1 Å².